The van der Waals surface area contributed by atoms with Crippen LogP contribution in [0.5, 0.6) is 0 Å². The SMILES string of the molecule is Cc1ccc(C)n1-c1cncc(C(C=NCc2cn3cc(CNCC4CC5(F)CC4C5)ccc3n2)=NN)c1. The summed E-state index contributed by atoms with van der Waals surface area (Å²) in [5.74, 6) is 6.75. The van der Waals surface area contributed by atoms with Crippen molar-refractivity contribution in [2.45, 2.75) is 51.9 Å². The predicted octanol–water partition coefficient (Wildman–Crippen LogP) is 4.30. The number of fused-ring (bicyclic) bond motifs is 2. The molecule has 3 fully saturated rings. The summed E-state index contributed by atoms with van der Waals surface area (Å²) >= 11 is 0. The number of hydrazone groups is 1. The lowest BCUT2D eigenvalue weighted by atomic mass is 9.80. The minimum absolute atomic E-state index is 0.408. The summed E-state index contributed by atoms with van der Waals surface area (Å²) < 4.78 is 18.3. The Balaban J connectivity index is 1.08. The molecule has 4 aromatic rings. The average molecular weight is 513 g/mol. The van der Waals surface area contributed by atoms with E-state index in [2.05, 4.69) is 68.2 Å². The molecule has 3 aliphatic rings. The predicted molar refractivity (Wildman–Crippen MR) is 148 cm³/mol. The zero-order chi connectivity index (χ0) is 26.3. The zero-order valence-electron chi connectivity index (χ0n) is 21.8. The van der Waals surface area contributed by atoms with E-state index in [-0.39, 0.29) is 0 Å². The first-order chi connectivity index (χ1) is 18.4. The van der Waals surface area contributed by atoms with Crippen LogP contribution in [0.15, 0.2) is 65.2 Å². The number of nitrogens with two attached hydrogens (primary N) is 1. The number of hydrogen-bond acceptors (Lipinski definition) is 6. The fraction of sp³-hybridized carbons (Fsp3) is 0.379. The molecule has 3 saturated carbocycles. The molecule has 0 amide bonds. The lowest BCUT2D eigenvalue weighted by Gasteiger charge is -2.30. The third kappa shape index (κ3) is 4.74. The molecule has 3 aliphatic carbocycles. The van der Waals surface area contributed by atoms with Gasteiger partial charge in [-0.3, -0.25) is 9.98 Å². The molecule has 1 unspecified atom stereocenters. The van der Waals surface area contributed by atoms with Gasteiger partial charge >= 0.3 is 0 Å². The number of halogens is 1. The minimum Gasteiger partial charge on any atom is -0.323 e. The standard InChI is InChI=1S/C29H33FN8/c1-19-3-4-20(2)38(19)26-7-22(12-33-15-26)27(36-31)16-34-14-25-18-37-17-21(5-6-28(37)35-25)11-32-13-24-10-29(30)8-23(24)9-29/h3-7,12,15-18,23-24,32H,8-11,13-14,31H2,1-2H3. The number of nitrogens with one attached hydrogen (secondary N) is 1. The van der Waals surface area contributed by atoms with Crippen LogP contribution in [0.1, 0.15) is 47.5 Å². The summed E-state index contributed by atoms with van der Waals surface area (Å²) in [6.07, 6.45) is 11.6. The van der Waals surface area contributed by atoms with Gasteiger partial charge in [-0.15, -0.1) is 0 Å². The second-order valence-electron chi connectivity index (χ2n) is 10.8. The monoisotopic (exact) mass is 512 g/mol. The van der Waals surface area contributed by atoms with Crippen LogP contribution in [-0.4, -0.2) is 43.1 Å². The summed E-state index contributed by atoms with van der Waals surface area (Å²) in [7, 11) is 0. The van der Waals surface area contributed by atoms with Gasteiger partial charge in [0, 0.05) is 48.3 Å². The normalized spacial score (nSPS) is 23.0. The van der Waals surface area contributed by atoms with Gasteiger partial charge in [-0.2, -0.15) is 5.10 Å². The Labute approximate surface area is 221 Å². The number of aromatic nitrogens is 4. The van der Waals surface area contributed by atoms with Crippen molar-refractivity contribution in [2.24, 2.45) is 27.8 Å². The van der Waals surface area contributed by atoms with Crippen LogP contribution in [0.4, 0.5) is 4.39 Å². The zero-order valence-corrected chi connectivity index (χ0v) is 21.8. The summed E-state index contributed by atoms with van der Waals surface area (Å²) in [4.78, 5) is 13.6. The molecule has 4 aromatic heterocycles. The van der Waals surface area contributed by atoms with Crippen molar-refractivity contribution in [1.29, 1.82) is 0 Å². The van der Waals surface area contributed by atoms with E-state index in [4.69, 9.17) is 5.84 Å². The molecule has 2 bridgehead atoms. The third-order valence-corrected chi connectivity index (χ3v) is 8.00. The van der Waals surface area contributed by atoms with Crippen molar-refractivity contribution < 1.29 is 4.39 Å². The van der Waals surface area contributed by atoms with Crippen molar-refractivity contribution in [3.05, 3.63) is 83.3 Å². The number of rotatable bonds is 9. The van der Waals surface area contributed by atoms with Gasteiger partial charge in [0.1, 0.15) is 17.0 Å². The highest BCUT2D eigenvalue weighted by atomic mass is 19.1. The molecule has 38 heavy (non-hydrogen) atoms. The molecule has 196 valence electrons. The Morgan fingerprint density at radius 3 is 2.71 bits per heavy atom. The lowest BCUT2D eigenvalue weighted by Crippen LogP contribution is -2.30. The molecule has 0 spiro atoms. The average Bonchev–Trinajstić information content (AvgIpc) is 3.62. The van der Waals surface area contributed by atoms with E-state index in [1.54, 1.807) is 12.4 Å². The smallest absolute Gasteiger partial charge is 0.137 e. The van der Waals surface area contributed by atoms with E-state index in [9.17, 15) is 4.39 Å². The van der Waals surface area contributed by atoms with E-state index in [0.29, 0.717) is 24.1 Å². The Bertz CT molecular complexity index is 1510. The minimum atomic E-state index is -0.857. The van der Waals surface area contributed by atoms with E-state index in [0.717, 1.165) is 66.3 Å². The molecule has 0 radical (unpaired) electrons. The highest BCUT2D eigenvalue weighted by Gasteiger charge is 2.56. The Hall–Kier alpha value is -3.85. The molecular weight excluding hydrogens is 479 g/mol. The number of hydrogen-bond donors (Lipinski definition) is 2. The maximum Gasteiger partial charge on any atom is 0.137 e. The van der Waals surface area contributed by atoms with Gasteiger partial charge < -0.3 is 20.1 Å². The van der Waals surface area contributed by atoms with Crippen LogP contribution < -0.4 is 11.2 Å². The second-order valence-corrected chi connectivity index (χ2v) is 10.8. The molecule has 0 aromatic carbocycles. The number of aliphatic imine (C=N–C) groups is 1. The second kappa shape index (κ2) is 9.79. The van der Waals surface area contributed by atoms with Crippen LogP contribution in [0.25, 0.3) is 11.3 Å². The summed E-state index contributed by atoms with van der Waals surface area (Å²) in [6, 6.07) is 10.3. The summed E-state index contributed by atoms with van der Waals surface area (Å²) in [6.45, 7) is 6.17. The highest BCUT2D eigenvalue weighted by molar-refractivity contribution is 6.38. The number of imidazole rings is 1. The van der Waals surface area contributed by atoms with Gasteiger partial charge in [0.25, 0.3) is 0 Å². The first-order valence-corrected chi connectivity index (χ1v) is 13.2. The van der Waals surface area contributed by atoms with E-state index in [1.807, 2.05) is 28.9 Å². The maximum absolute atomic E-state index is 14.1. The Morgan fingerprint density at radius 1 is 1.16 bits per heavy atom. The topological polar surface area (TPSA) is 97.9 Å². The van der Waals surface area contributed by atoms with Crippen molar-refractivity contribution in [1.82, 2.24) is 24.3 Å². The third-order valence-electron chi connectivity index (χ3n) is 8.00. The molecule has 0 aliphatic heterocycles. The first-order valence-electron chi connectivity index (χ1n) is 13.2. The highest BCUT2D eigenvalue weighted by Crippen LogP contribution is 2.57. The van der Waals surface area contributed by atoms with Gasteiger partial charge in [0.15, 0.2) is 0 Å². The van der Waals surface area contributed by atoms with Gasteiger partial charge in [-0.1, -0.05) is 6.07 Å². The molecule has 0 saturated heterocycles. The fourth-order valence-corrected chi connectivity index (χ4v) is 6.10. The quantitative estimate of drug-likeness (QED) is 0.199. The number of alkyl halides is 1. The van der Waals surface area contributed by atoms with Crippen LogP contribution in [0.3, 0.4) is 0 Å². The van der Waals surface area contributed by atoms with Gasteiger partial charge in [0.2, 0.25) is 0 Å². The van der Waals surface area contributed by atoms with Gasteiger partial charge in [-0.05, 0) is 81.3 Å². The van der Waals surface area contributed by atoms with E-state index >= 15 is 0 Å². The van der Waals surface area contributed by atoms with Crippen molar-refractivity contribution in [3.8, 4) is 5.69 Å². The summed E-state index contributed by atoms with van der Waals surface area (Å²) in [5, 5.41) is 7.47. The van der Waals surface area contributed by atoms with Crippen molar-refractivity contribution >= 4 is 17.6 Å². The largest absolute Gasteiger partial charge is 0.323 e. The molecular formula is C29H33FN8. The maximum atomic E-state index is 14.1. The number of nitrogens with zero attached hydrogens (tertiary/aromatic N) is 6. The molecule has 8 nitrogen and oxygen atoms in total. The Kier molecular flexibility index (Phi) is 6.31. The van der Waals surface area contributed by atoms with Crippen LogP contribution >= 0.6 is 0 Å². The van der Waals surface area contributed by atoms with E-state index < -0.39 is 5.67 Å². The number of aryl methyl sites for hydroxylation is 2. The van der Waals surface area contributed by atoms with Crippen molar-refractivity contribution in [2.75, 3.05) is 6.54 Å². The molecule has 7 rings (SSSR count). The van der Waals surface area contributed by atoms with Crippen molar-refractivity contribution in [3.63, 3.8) is 0 Å². The fourth-order valence-electron chi connectivity index (χ4n) is 6.10. The van der Waals surface area contributed by atoms with Crippen LogP contribution in [0, 0.1) is 25.7 Å². The summed E-state index contributed by atoms with van der Waals surface area (Å²) in [5.41, 5.74) is 6.60. The van der Waals surface area contributed by atoms with Gasteiger partial charge in [0.05, 0.1) is 24.1 Å². The Morgan fingerprint density at radius 2 is 1.97 bits per heavy atom. The van der Waals surface area contributed by atoms with Gasteiger partial charge in [-0.25, -0.2) is 9.37 Å². The number of pyridine rings is 2. The first kappa shape index (κ1) is 24.5. The van der Waals surface area contributed by atoms with Crippen LogP contribution in [-0.2, 0) is 13.1 Å². The molecule has 1 atom stereocenters. The molecule has 3 N–H and O–H groups in total. The molecule has 4 heterocycles. The van der Waals surface area contributed by atoms with Crippen LogP contribution in [0.2, 0.25) is 0 Å². The van der Waals surface area contributed by atoms with E-state index in [1.165, 1.54) is 5.56 Å². The lowest BCUT2D eigenvalue weighted by molar-refractivity contribution is 0.0738. The molecule has 9 heteroatoms.